The third kappa shape index (κ3) is 4.41. The zero-order chi connectivity index (χ0) is 18.5. The number of pyridine rings is 1. The predicted octanol–water partition coefficient (Wildman–Crippen LogP) is 3.60. The van der Waals surface area contributed by atoms with Gasteiger partial charge in [-0.1, -0.05) is 12.1 Å². The summed E-state index contributed by atoms with van der Waals surface area (Å²) >= 11 is 0. The molecule has 0 amide bonds. The van der Waals surface area contributed by atoms with Gasteiger partial charge in [0, 0.05) is 43.4 Å². The number of nitrogens with zero attached hydrogens (tertiary/aromatic N) is 3. The summed E-state index contributed by atoms with van der Waals surface area (Å²) in [5.41, 5.74) is 11.5. The first-order valence-corrected chi connectivity index (χ1v) is 10.1. The van der Waals surface area contributed by atoms with Crippen molar-refractivity contribution in [1.82, 2.24) is 4.98 Å². The average Bonchev–Trinajstić information content (AvgIpc) is 2.74. The van der Waals surface area contributed by atoms with Crippen molar-refractivity contribution in [2.45, 2.75) is 38.5 Å². The van der Waals surface area contributed by atoms with Crippen LogP contribution in [0.15, 0.2) is 47.7 Å². The normalized spacial score (nSPS) is 18.2. The Kier molecular flexibility index (Phi) is 5.56. The van der Waals surface area contributed by atoms with E-state index in [2.05, 4.69) is 50.5 Å². The van der Waals surface area contributed by atoms with Gasteiger partial charge in [0.2, 0.25) is 0 Å². The van der Waals surface area contributed by atoms with E-state index in [4.69, 9.17) is 5.73 Å². The van der Waals surface area contributed by atoms with E-state index in [0.29, 0.717) is 11.9 Å². The fourth-order valence-corrected chi connectivity index (χ4v) is 4.23. The Balaban J connectivity index is 1.30. The molecule has 0 bridgehead atoms. The number of aryl methyl sites for hydroxylation is 1. The van der Waals surface area contributed by atoms with E-state index in [0.717, 1.165) is 44.6 Å². The molecule has 1 saturated heterocycles. The van der Waals surface area contributed by atoms with Gasteiger partial charge < -0.3 is 16.0 Å². The second-order valence-corrected chi connectivity index (χ2v) is 7.64. The maximum Gasteiger partial charge on any atom is 0.193 e. The van der Waals surface area contributed by atoms with Crippen molar-refractivity contribution in [1.29, 1.82) is 0 Å². The third-order valence-electron chi connectivity index (χ3n) is 5.82. The minimum atomic E-state index is 0.547. The molecule has 1 aromatic carbocycles. The van der Waals surface area contributed by atoms with E-state index in [9.17, 15) is 0 Å². The van der Waals surface area contributed by atoms with Crippen molar-refractivity contribution in [3.63, 3.8) is 0 Å². The number of aliphatic imine (C=N–C) groups is 1. The van der Waals surface area contributed by atoms with E-state index in [1.54, 1.807) is 0 Å². The van der Waals surface area contributed by atoms with Crippen LogP contribution in [0.2, 0.25) is 0 Å². The van der Waals surface area contributed by atoms with Gasteiger partial charge in [-0.25, -0.2) is 0 Å². The number of hydrogen-bond acceptors (Lipinski definition) is 3. The summed E-state index contributed by atoms with van der Waals surface area (Å²) in [5.74, 6) is 1.15. The molecule has 5 heteroatoms. The van der Waals surface area contributed by atoms with Gasteiger partial charge in [0.15, 0.2) is 5.96 Å². The van der Waals surface area contributed by atoms with Crippen LogP contribution in [0.25, 0.3) is 0 Å². The van der Waals surface area contributed by atoms with Gasteiger partial charge in [0.1, 0.15) is 0 Å². The maximum atomic E-state index is 6.20. The van der Waals surface area contributed by atoms with E-state index in [1.807, 2.05) is 12.4 Å². The number of hydrogen-bond donors (Lipinski definition) is 2. The summed E-state index contributed by atoms with van der Waals surface area (Å²) in [6.07, 6.45) is 10.9. The average molecular weight is 364 g/mol. The third-order valence-corrected chi connectivity index (χ3v) is 5.82. The van der Waals surface area contributed by atoms with Crippen LogP contribution in [0.1, 0.15) is 36.8 Å². The molecule has 2 aromatic rings. The number of aromatic nitrogens is 1. The summed E-state index contributed by atoms with van der Waals surface area (Å²) in [6, 6.07) is 10.7. The van der Waals surface area contributed by atoms with Gasteiger partial charge in [-0.05, 0) is 73.8 Å². The Hall–Kier alpha value is -2.56. The molecule has 5 nitrogen and oxygen atoms in total. The molecule has 0 saturated carbocycles. The minimum absolute atomic E-state index is 0.547. The number of benzene rings is 1. The molecule has 142 valence electrons. The number of nitrogens with two attached hydrogens (primary N) is 1. The molecular formula is C22H29N5. The fraction of sp³-hybridized carbons (Fsp3) is 0.455. The summed E-state index contributed by atoms with van der Waals surface area (Å²) in [6.45, 7) is 2.95. The number of nitrogens with one attached hydrogen (secondary N) is 1. The minimum Gasteiger partial charge on any atom is -0.371 e. The zero-order valence-corrected chi connectivity index (χ0v) is 15.9. The molecule has 2 aliphatic rings. The van der Waals surface area contributed by atoms with Gasteiger partial charge in [0.25, 0.3) is 0 Å². The van der Waals surface area contributed by atoms with Crippen molar-refractivity contribution in [3.05, 3.63) is 53.9 Å². The number of anilines is 2. The molecule has 3 N–H and O–H groups in total. The summed E-state index contributed by atoms with van der Waals surface area (Å²) < 4.78 is 0. The van der Waals surface area contributed by atoms with Crippen LogP contribution in [0.4, 0.5) is 11.4 Å². The van der Waals surface area contributed by atoms with Crippen LogP contribution in [0.5, 0.6) is 0 Å². The summed E-state index contributed by atoms with van der Waals surface area (Å²) in [7, 11) is 0. The van der Waals surface area contributed by atoms with E-state index in [1.165, 1.54) is 36.1 Å². The fourth-order valence-electron chi connectivity index (χ4n) is 4.23. The Morgan fingerprint density at radius 3 is 2.70 bits per heavy atom. The molecule has 0 unspecified atom stereocenters. The van der Waals surface area contributed by atoms with Gasteiger partial charge in [-0.3, -0.25) is 9.98 Å². The number of rotatable bonds is 4. The van der Waals surface area contributed by atoms with E-state index >= 15 is 0 Å². The molecule has 0 radical (unpaired) electrons. The Morgan fingerprint density at radius 2 is 1.89 bits per heavy atom. The van der Waals surface area contributed by atoms with Crippen LogP contribution in [-0.2, 0) is 12.8 Å². The first kappa shape index (κ1) is 17.8. The lowest BCUT2D eigenvalue weighted by atomic mass is 9.90. The topological polar surface area (TPSA) is 66.5 Å². The lowest BCUT2D eigenvalue weighted by Gasteiger charge is -2.33. The summed E-state index contributed by atoms with van der Waals surface area (Å²) in [5, 5.41) is 3.35. The van der Waals surface area contributed by atoms with Crippen LogP contribution in [0.3, 0.4) is 0 Å². The highest BCUT2D eigenvalue weighted by atomic mass is 15.1. The quantitative estimate of drug-likeness (QED) is 0.643. The van der Waals surface area contributed by atoms with Crippen LogP contribution >= 0.6 is 0 Å². The van der Waals surface area contributed by atoms with E-state index < -0.39 is 0 Å². The van der Waals surface area contributed by atoms with Crippen LogP contribution < -0.4 is 16.0 Å². The lowest BCUT2D eigenvalue weighted by molar-refractivity contribution is 0.415. The molecule has 0 atom stereocenters. The van der Waals surface area contributed by atoms with E-state index in [-0.39, 0.29) is 0 Å². The molecule has 1 fully saturated rings. The Morgan fingerprint density at radius 1 is 1.11 bits per heavy atom. The van der Waals surface area contributed by atoms with Crippen molar-refractivity contribution in [3.8, 4) is 0 Å². The molecule has 27 heavy (non-hydrogen) atoms. The largest absolute Gasteiger partial charge is 0.371 e. The lowest BCUT2D eigenvalue weighted by Crippen LogP contribution is -2.35. The van der Waals surface area contributed by atoms with Crippen molar-refractivity contribution < 1.29 is 0 Å². The number of fused-ring (bicyclic) bond motifs is 1. The first-order chi connectivity index (χ1) is 13.3. The van der Waals surface area contributed by atoms with Gasteiger partial charge in [-0.2, -0.15) is 0 Å². The molecule has 1 aliphatic heterocycles. The highest BCUT2D eigenvalue weighted by Gasteiger charge is 2.19. The summed E-state index contributed by atoms with van der Waals surface area (Å²) in [4.78, 5) is 11.2. The highest BCUT2D eigenvalue weighted by Crippen LogP contribution is 2.28. The molecule has 1 aromatic heterocycles. The second-order valence-electron chi connectivity index (χ2n) is 7.64. The van der Waals surface area contributed by atoms with Crippen molar-refractivity contribution in [2.75, 3.05) is 29.9 Å². The first-order valence-electron chi connectivity index (χ1n) is 10.1. The molecule has 2 heterocycles. The van der Waals surface area contributed by atoms with Gasteiger partial charge in [-0.15, -0.1) is 0 Å². The highest BCUT2D eigenvalue weighted by molar-refractivity contribution is 5.93. The van der Waals surface area contributed by atoms with Crippen molar-refractivity contribution >= 4 is 17.3 Å². The van der Waals surface area contributed by atoms with Crippen LogP contribution in [-0.4, -0.2) is 30.6 Å². The predicted molar refractivity (Wildman–Crippen MR) is 112 cm³/mol. The van der Waals surface area contributed by atoms with Crippen LogP contribution in [0, 0.1) is 5.92 Å². The van der Waals surface area contributed by atoms with Crippen molar-refractivity contribution in [2.24, 2.45) is 16.6 Å². The molecule has 0 spiro atoms. The number of piperidine rings is 1. The monoisotopic (exact) mass is 363 g/mol. The van der Waals surface area contributed by atoms with Gasteiger partial charge in [0.05, 0.1) is 0 Å². The van der Waals surface area contributed by atoms with Gasteiger partial charge >= 0.3 is 0 Å². The standard InChI is InChI=1S/C22H29N5/c23-22(26-21-7-3-5-18-4-1-2-6-20(18)21)25-16-17-10-14-27(15-11-17)19-8-12-24-13-9-19/h3,5,7-9,12-13,17H,1-2,4,6,10-11,14-16H2,(H3,23,25,26). The molecular weight excluding hydrogens is 334 g/mol. The zero-order valence-electron chi connectivity index (χ0n) is 15.9. The Bertz CT molecular complexity index is 779. The smallest absolute Gasteiger partial charge is 0.193 e. The number of guanidine groups is 1. The second kappa shape index (κ2) is 8.42. The molecule has 4 rings (SSSR count). The SMILES string of the molecule is NC(=NCC1CCN(c2ccncc2)CC1)Nc1cccc2c1CCCC2. The maximum absolute atomic E-state index is 6.20. The molecule has 1 aliphatic carbocycles. The Labute approximate surface area is 161 Å².